The van der Waals surface area contributed by atoms with Gasteiger partial charge in [0.1, 0.15) is 0 Å². The largest absolute Gasteiger partial charge is 0.495 e. The Morgan fingerprint density at radius 1 is 1.15 bits per heavy atom. The zero-order chi connectivity index (χ0) is 15.1. The van der Waals surface area contributed by atoms with E-state index in [9.17, 15) is 0 Å². The quantitative estimate of drug-likeness (QED) is 0.777. The first-order valence-electron chi connectivity index (χ1n) is 7.04. The van der Waals surface area contributed by atoms with Crippen molar-refractivity contribution in [3.8, 4) is 6.07 Å². The predicted octanol–water partition coefficient (Wildman–Crippen LogP) is 2.92. The Bertz CT molecular complexity index is 544. The van der Waals surface area contributed by atoms with Gasteiger partial charge in [-0.15, -0.1) is 0 Å². The van der Waals surface area contributed by atoms with Crippen molar-refractivity contribution in [1.82, 2.24) is 0 Å². The van der Waals surface area contributed by atoms with Crippen molar-refractivity contribution >= 4 is 12.6 Å². The van der Waals surface area contributed by atoms with Crippen LogP contribution in [0.1, 0.15) is 51.7 Å². The summed E-state index contributed by atoms with van der Waals surface area (Å²) in [6.45, 7) is 12.1. The van der Waals surface area contributed by atoms with Crippen LogP contribution in [0.2, 0.25) is 0 Å². The molecule has 0 radical (unpaired) electrons. The third kappa shape index (κ3) is 2.37. The predicted molar refractivity (Wildman–Crippen MR) is 80.9 cm³/mol. The molecule has 0 amide bonds. The molecule has 1 unspecified atom stereocenters. The highest BCUT2D eigenvalue weighted by Gasteiger charge is 2.52. The molecule has 1 aromatic rings. The molecular formula is C16H22BNO2. The molecule has 0 saturated carbocycles. The fraction of sp³-hybridized carbons (Fsp3) is 0.562. The second-order valence-corrected chi connectivity index (χ2v) is 6.50. The summed E-state index contributed by atoms with van der Waals surface area (Å²) < 4.78 is 12.2. The van der Waals surface area contributed by atoms with E-state index in [1.54, 1.807) is 0 Å². The Kier molecular flexibility index (Phi) is 3.70. The summed E-state index contributed by atoms with van der Waals surface area (Å²) in [6, 6.07) is 8.28. The lowest BCUT2D eigenvalue weighted by molar-refractivity contribution is 0.00578. The van der Waals surface area contributed by atoms with Crippen molar-refractivity contribution in [2.45, 2.75) is 58.7 Å². The maximum atomic E-state index is 9.12. The third-order valence-electron chi connectivity index (χ3n) is 4.58. The number of benzene rings is 1. The van der Waals surface area contributed by atoms with Gasteiger partial charge in [-0.3, -0.25) is 0 Å². The van der Waals surface area contributed by atoms with Gasteiger partial charge in [0.25, 0.3) is 0 Å². The van der Waals surface area contributed by atoms with Crippen molar-refractivity contribution in [2.24, 2.45) is 0 Å². The van der Waals surface area contributed by atoms with Gasteiger partial charge in [-0.1, -0.05) is 18.2 Å². The van der Waals surface area contributed by atoms with Crippen molar-refractivity contribution in [2.75, 3.05) is 0 Å². The van der Waals surface area contributed by atoms with Gasteiger partial charge in [0.05, 0.1) is 23.2 Å². The first kappa shape index (κ1) is 15.1. The SMILES string of the molecule is Cc1c(B2OC(C)(C)C(C)(C)O2)cccc1C(C)C#N. The van der Waals surface area contributed by atoms with E-state index in [2.05, 4.69) is 6.07 Å². The number of nitriles is 1. The standard InChI is InChI=1S/C16H22BNO2/c1-11(10-18)13-8-7-9-14(12(13)2)17-19-15(3,4)16(5,6)20-17/h7-9,11H,1-6H3. The van der Waals surface area contributed by atoms with Crippen LogP contribution in [-0.4, -0.2) is 18.3 Å². The van der Waals surface area contributed by atoms with Gasteiger partial charge < -0.3 is 9.31 Å². The molecule has 1 fully saturated rings. The molecule has 0 bridgehead atoms. The van der Waals surface area contributed by atoms with E-state index in [0.717, 1.165) is 16.6 Å². The first-order valence-corrected chi connectivity index (χ1v) is 7.04. The minimum absolute atomic E-state index is 0.127. The minimum atomic E-state index is -0.370. The first-order chi connectivity index (χ1) is 9.19. The monoisotopic (exact) mass is 271 g/mol. The minimum Gasteiger partial charge on any atom is -0.399 e. The summed E-state index contributed by atoms with van der Waals surface area (Å²) >= 11 is 0. The normalized spacial score (nSPS) is 21.6. The molecule has 106 valence electrons. The number of rotatable bonds is 2. The van der Waals surface area contributed by atoms with E-state index in [0.29, 0.717) is 0 Å². The lowest BCUT2D eigenvalue weighted by Crippen LogP contribution is -2.41. The average Bonchev–Trinajstić information content (AvgIpc) is 2.57. The van der Waals surface area contributed by atoms with Gasteiger partial charge in [-0.2, -0.15) is 5.26 Å². The summed E-state index contributed by atoms with van der Waals surface area (Å²) in [4.78, 5) is 0. The molecule has 2 rings (SSSR count). The molecule has 0 N–H and O–H groups in total. The molecule has 1 aliphatic heterocycles. The van der Waals surface area contributed by atoms with Crippen LogP contribution in [0.5, 0.6) is 0 Å². The topological polar surface area (TPSA) is 42.2 Å². The van der Waals surface area contributed by atoms with Gasteiger partial charge in [0, 0.05) is 0 Å². The number of nitrogens with zero attached hydrogens (tertiary/aromatic N) is 1. The van der Waals surface area contributed by atoms with Crippen molar-refractivity contribution < 1.29 is 9.31 Å². The van der Waals surface area contributed by atoms with Crippen LogP contribution in [0.15, 0.2) is 18.2 Å². The van der Waals surface area contributed by atoms with Crippen molar-refractivity contribution in [1.29, 1.82) is 5.26 Å². The fourth-order valence-electron chi connectivity index (χ4n) is 2.44. The zero-order valence-electron chi connectivity index (χ0n) is 13.2. The molecule has 1 aromatic carbocycles. The van der Waals surface area contributed by atoms with Crippen molar-refractivity contribution in [3.63, 3.8) is 0 Å². The Labute approximate surface area is 122 Å². The van der Waals surface area contributed by atoms with E-state index in [1.165, 1.54) is 0 Å². The van der Waals surface area contributed by atoms with Gasteiger partial charge >= 0.3 is 7.12 Å². The number of hydrogen-bond acceptors (Lipinski definition) is 3. The fourth-order valence-corrected chi connectivity index (χ4v) is 2.44. The maximum absolute atomic E-state index is 9.12. The highest BCUT2D eigenvalue weighted by atomic mass is 16.7. The second-order valence-electron chi connectivity index (χ2n) is 6.50. The Morgan fingerprint density at radius 2 is 1.70 bits per heavy atom. The lowest BCUT2D eigenvalue weighted by Gasteiger charge is -2.32. The Balaban J connectivity index is 2.39. The van der Waals surface area contributed by atoms with Crippen LogP contribution in [0.4, 0.5) is 0 Å². The molecule has 0 spiro atoms. The van der Waals surface area contributed by atoms with Gasteiger partial charge in [-0.25, -0.2) is 0 Å². The van der Waals surface area contributed by atoms with Crippen LogP contribution >= 0.6 is 0 Å². The van der Waals surface area contributed by atoms with Crippen molar-refractivity contribution in [3.05, 3.63) is 29.3 Å². The summed E-state index contributed by atoms with van der Waals surface area (Å²) in [5.41, 5.74) is 2.45. The van der Waals surface area contributed by atoms with E-state index >= 15 is 0 Å². The lowest BCUT2D eigenvalue weighted by atomic mass is 9.74. The Morgan fingerprint density at radius 3 is 2.20 bits per heavy atom. The van der Waals surface area contributed by atoms with Crippen LogP contribution in [-0.2, 0) is 9.31 Å². The number of hydrogen-bond donors (Lipinski definition) is 0. The Hall–Kier alpha value is -1.31. The van der Waals surface area contributed by atoms with E-state index in [4.69, 9.17) is 14.6 Å². The van der Waals surface area contributed by atoms with E-state index in [1.807, 2.05) is 59.7 Å². The summed E-state index contributed by atoms with van der Waals surface area (Å²) in [5.74, 6) is -0.127. The summed E-state index contributed by atoms with van der Waals surface area (Å²) in [7, 11) is -0.370. The molecule has 1 saturated heterocycles. The van der Waals surface area contributed by atoms with E-state index in [-0.39, 0.29) is 24.2 Å². The molecule has 4 heteroatoms. The van der Waals surface area contributed by atoms with Crippen LogP contribution in [0.25, 0.3) is 0 Å². The van der Waals surface area contributed by atoms with Crippen LogP contribution < -0.4 is 5.46 Å². The average molecular weight is 271 g/mol. The molecule has 0 aliphatic carbocycles. The van der Waals surface area contributed by atoms with Gasteiger partial charge in [0.15, 0.2) is 0 Å². The van der Waals surface area contributed by atoms with Gasteiger partial charge in [-0.05, 0) is 58.1 Å². The molecule has 1 heterocycles. The molecule has 20 heavy (non-hydrogen) atoms. The van der Waals surface area contributed by atoms with E-state index < -0.39 is 0 Å². The summed E-state index contributed by atoms with van der Waals surface area (Å²) in [5, 5.41) is 9.12. The maximum Gasteiger partial charge on any atom is 0.495 e. The molecule has 1 aliphatic rings. The zero-order valence-corrected chi connectivity index (χ0v) is 13.2. The second kappa shape index (κ2) is 4.91. The summed E-state index contributed by atoms with van der Waals surface area (Å²) in [6.07, 6.45) is 0. The van der Waals surface area contributed by atoms with Crippen LogP contribution in [0.3, 0.4) is 0 Å². The highest BCUT2D eigenvalue weighted by Crippen LogP contribution is 2.37. The highest BCUT2D eigenvalue weighted by molar-refractivity contribution is 6.62. The van der Waals surface area contributed by atoms with Gasteiger partial charge in [0.2, 0.25) is 0 Å². The van der Waals surface area contributed by atoms with Crippen LogP contribution in [0, 0.1) is 18.3 Å². The molecule has 1 atom stereocenters. The molecule has 3 nitrogen and oxygen atoms in total. The molecule has 0 aromatic heterocycles. The molecular weight excluding hydrogens is 249 g/mol. The third-order valence-corrected chi connectivity index (χ3v) is 4.58. The smallest absolute Gasteiger partial charge is 0.399 e.